The van der Waals surface area contributed by atoms with Crippen LogP contribution < -0.4 is 5.32 Å². The summed E-state index contributed by atoms with van der Waals surface area (Å²) in [5.41, 5.74) is 2.80. The van der Waals surface area contributed by atoms with Crippen LogP contribution in [0.1, 0.15) is 26.6 Å². The van der Waals surface area contributed by atoms with E-state index in [4.69, 9.17) is 5.11 Å². The lowest BCUT2D eigenvalue weighted by Crippen LogP contribution is -2.13. The molecule has 2 N–H and O–H groups in total. The standard InChI is InChI=1S/C15H14N2O2S/c1-10-5-6-12(4-3-7-18)8-13(10)17-15(19)14-9-20-11(2)16-14/h5-6,8-9,18H,7H2,1-2H3,(H,17,19). The number of carbonyl (C=O) groups is 1. The molecule has 0 aliphatic heterocycles. The number of aliphatic hydroxyl groups is 1. The highest BCUT2D eigenvalue weighted by Crippen LogP contribution is 2.18. The summed E-state index contributed by atoms with van der Waals surface area (Å²) < 4.78 is 0. The molecule has 20 heavy (non-hydrogen) atoms. The van der Waals surface area contributed by atoms with E-state index in [1.807, 2.05) is 26.0 Å². The van der Waals surface area contributed by atoms with Crippen molar-refractivity contribution < 1.29 is 9.90 Å². The van der Waals surface area contributed by atoms with E-state index in [2.05, 4.69) is 22.1 Å². The van der Waals surface area contributed by atoms with E-state index in [-0.39, 0.29) is 12.5 Å². The molecule has 1 amide bonds. The first-order valence-electron chi connectivity index (χ1n) is 6.04. The summed E-state index contributed by atoms with van der Waals surface area (Å²) in [6.07, 6.45) is 0. The molecular formula is C15H14N2O2S. The molecule has 102 valence electrons. The topological polar surface area (TPSA) is 62.2 Å². The minimum Gasteiger partial charge on any atom is -0.384 e. The lowest BCUT2D eigenvalue weighted by Gasteiger charge is -2.07. The lowest BCUT2D eigenvalue weighted by molar-refractivity contribution is 0.102. The third kappa shape index (κ3) is 3.44. The van der Waals surface area contributed by atoms with Gasteiger partial charge in [0.05, 0.1) is 5.01 Å². The predicted molar refractivity (Wildman–Crippen MR) is 79.9 cm³/mol. The quantitative estimate of drug-likeness (QED) is 0.833. The summed E-state index contributed by atoms with van der Waals surface area (Å²) in [6.45, 7) is 3.58. The van der Waals surface area contributed by atoms with Gasteiger partial charge in [-0.05, 0) is 31.5 Å². The molecule has 1 aromatic carbocycles. The number of rotatable bonds is 2. The first-order valence-corrected chi connectivity index (χ1v) is 6.92. The molecule has 5 heteroatoms. The highest BCUT2D eigenvalue weighted by atomic mass is 32.1. The number of hydrogen-bond acceptors (Lipinski definition) is 4. The normalized spacial score (nSPS) is 9.75. The van der Waals surface area contributed by atoms with Gasteiger partial charge in [-0.2, -0.15) is 0 Å². The highest BCUT2D eigenvalue weighted by Gasteiger charge is 2.11. The van der Waals surface area contributed by atoms with Crippen LogP contribution in [0.2, 0.25) is 0 Å². The van der Waals surface area contributed by atoms with Crippen molar-refractivity contribution in [3.63, 3.8) is 0 Å². The number of thiazole rings is 1. The third-order valence-corrected chi connectivity index (χ3v) is 3.42. The average molecular weight is 286 g/mol. The smallest absolute Gasteiger partial charge is 0.275 e. The molecule has 0 saturated carbocycles. The predicted octanol–water partition coefficient (Wildman–Crippen LogP) is 2.36. The summed E-state index contributed by atoms with van der Waals surface area (Å²) >= 11 is 1.44. The fraction of sp³-hybridized carbons (Fsp3) is 0.200. The van der Waals surface area contributed by atoms with Crippen molar-refractivity contribution in [1.29, 1.82) is 0 Å². The van der Waals surface area contributed by atoms with Crippen LogP contribution >= 0.6 is 11.3 Å². The molecule has 0 spiro atoms. The van der Waals surface area contributed by atoms with Crippen molar-refractivity contribution in [1.82, 2.24) is 4.98 Å². The molecule has 1 aromatic heterocycles. The zero-order valence-corrected chi connectivity index (χ0v) is 12.0. The molecule has 0 fully saturated rings. The van der Waals surface area contributed by atoms with E-state index >= 15 is 0 Å². The molecule has 2 aromatic rings. The molecule has 1 heterocycles. The number of benzene rings is 1. The second-order valence-corrected chi connectivity index (χ2v) is 5.26. The Balaban J connectivity index is 2.22. The van der Waals surface area contributed by atoms with Gasteiger partial charge < -0.3 is 10.4 Å². The Bertz CT molecular complexity index is 695. The van der Waals surface area contributed by atoms with Crippen molar-refractivity contribution >= 4 is 22.9 Å². The first-order chi connectivity index (χ1) is 9.60. The van der Waals surface area contributed by atoms with E-state index in [0.717, 1.165) is 16.1 Å². The molecule has 4 nitrogen and oxygen atoms in total. The summed E-state index contributed by atoms with van der Waals surface area (Å²) in [6, 6.07) is 5.51. The molecule has 0 atom stereocenters. The van der Waals surface area contributed by atoms with Gasteiger partial charge in [-0.15, -0.1) is 11.3 Å². The number of aryl methyl sites for hydroxylation is 2. The number of hydrogen-bond donors (Lipinski definition) is 2. The van der Waals surface area contributed by atoms with Gasteiger partial charge in [-0.25, -0.2) is 4.98 Å². The van der Waals surface area contributed by atoms with Crippen molar-refractivity contribution in [2.24, 2.45) is 0 Å². The first kappa shape index (κ1) is 14.3. The van der Waals surface area contributed by atoms with Crippen LogP contribution in [-0.4, -0.2) is 22.6 Å². The summed E-state index contributed by atoms with van der Waals surface area (Å²) in [7, 11) is 0. The lowest BCUT2D eigenvalue weighted by atomic mass is 10.1. The average Bonchev–Trinajstić information content (AvgIpc) is 2.86. The van der Waals surface area contributed by atoms with Crippen LogP contribution in [-0.2, 0) is 0 Å². The Morgan fingerprint density at radius 2 is 2.25 bits per heavy atom. The van der Waals surface area contributed by atoms with Crippen molar-refractivity contribution in [2.75, 3.05) is 11.9 Å². The summed E-state index contributed by atoms with van der Waals surface area (Å²) in [4.78, 5) is 16.2. The number of aliphatic hydroxyl groups excluding tert-OH is 1. The van der Waals surface area contributed by atoms with Crippen LogP contribution in [0.25, 0.3) is 0 Å². The van der Waals surface area contributed by atoms with E-state index in [1.54, 1.807) is 11.4 Å². The number of anilines is 1. The third-order valence-electron chi connectivity index (χ3n) is 2.65. The Labute approximate surface area is 121 Å². The number of amides is 1. The molecule has 2 rings (SSSR count). The maximum Gasteiger partial charge on any atom is 0.275 e. The fourth-order valence-electron chi connectivity index (χ4n) is 1.63. The fourth-order valence-corrected chi connectivity index (χ4v) is 2.22. The maximum absolute atomic E-state index is 12.1. The molecule has 0 saturated heterocycles. The molecule has 0 unspecified atom stereocenters. The number of carbonyl (C=O) groups excluding carboxylic acids is 1. The zero-order valence-electron chi connectivity index (χ0n) is 11.2. The van der Waals surface area contributed by atoms with Gasteiger partial charge in [-0.1, -0.05) is 17.9 Å². The SMILES string of the molecule is Cc1nc(C(=O)Nc2cc(C#CCO)ccc2C)cs1. The number of aromatic nitrogens is 1. The van der Waals surface area contributed by atoms with Gasteiger partial charge in [0.15, 0.2) is 0 Å². The Morgan fingerprint density at radius 3 is 2.90 bits per heavy atom. The molecule has 0 radical (unpaired) electrons. The second-order valence-electron chi connectivity index (χ2n) is 4.20. The van der Waals surface area contributed by atoms with Crippen molar-refractivity contribution in [3.05, 3.63) is 45.4 Å². The van der Waals surface area contributed by atoms with Gasteiger partial charge in [0.1, 0.15) is 12.3 Å². The van der Waals surface area contributed by atoms with Crippen LogP contribution in [0.3, 0.4) is 0 Å². The van der Waals surface area contributed by atoms with Crippen LogP contribution in [0.5, 0.6) is 0 Å². The van der Waals surface area contributed by atoms with E-state index in [9.17, 15) is 4.79 Å². The minimum absolute atomic E-state index is 0.187. The van der Waals surface area contributed by atoms with Crippen molar-refractivity contribution in [2.45, 2.75) is 13.8 Å². The molecular weight excluding hydrogens is 272 g/mol. The summed E-state index contributed by atoms with van der Waals surface area (Å²) in [5.74, 6) is 5.16. The van der Waals surface area contributed by atoms with E-state index < -0.39 is 0 Å². The Kier molecular flexibility index (Phi) is 4.51. The molecule has 0 aliphatic carbocycles. The monoisotopic (exact) mass is 286 g/mol. The maximum atomic E-state index is 12.1. The zero-order chi connectivity index (χ0) is 14.5. The van der Waals surface area contributed by atoms with Crippen LogP contribution in [0.15, 0.2) is 23.6 Å². The van der Waals surface area contributed by atoms with Gasteiger partial charge in [-0.3, -0.25) is 4.79 Å². The summed E-state index contributed by atoms with van der Waals surface area (Å²) in [5, 5.41) is 14.1. The van der Waals surface area contributed by atoms with E-state index in [1.165, 1.54) is 11.3 Å². The van der Waals surface area contributed by atoms with Gasteiger partial charge in [0, 0.05) is 16.6 Å². The van der Waals surface area contributed by atoms with Gasteiger partial charge in [0.25, 0.3) is 5.91 Å². The van der Waals surface area contributed by atoms with Crippen molar-refractivity contribution in [3.8, 4) is 11.8 Å². The van der Waals surface area contributed by atoms with E-state index in [0.29, 0.717) is 11.4 Å². The van der Waals surface area contributed by atoms with Crippen LogP contribution in [0, 0.1) is 25.7 Å². The molecule has 0 bridgehead atoms. The second kappa shape index (κ2) is 6.33. The number of nitrogens with one attached hydrogen (secondary N) is 1. The number of nitrogens with zero attached hydrogens (tertiary/aromatic N) is 1. The minimum atomic E-state index is -0.232. The molecule has 0 aliphatic rings. The van der Waals surface area contributed by atoms with Gasteiger partial charge in [0.2, 0.25) is 0 Å². The van der Waals surface area contributed by atoms with Crippen LogP contribution in [0.4, 0.5) is 5.69 Å². The largest absolute Gasteiger partial charge is 0.384 e. The van der Waals surface area contributed by atoms with Gasteiger partial charge >= 0.3 is 0 Å². The highest BCUT2D eigenvalue weighted by molar-refractivity contribution is 7.09. The Morgan fingerprint density at radius 1 is 1.45 bits per heavy atom. The Hall–Kier alpha value is -2.16.